The Kier molecular flexibility index (Phi) is 4.67. The van der Waals surface area contributed by atoms with Crippen LogP contribution in [-0.2, 0) is 9.53 Å². The molecule has 1 atom stereocenters. The van der Waals surface area contributed by atoms with E-state index in [1.165, 1.54) is 19.2 Å². The normalized spacial score (nSPS) is 12.1. The van der Waals surface area contributed by atoms with E-state index >= 15 is 0 Å². The van der Waals surface area contributed by atoms with Crippen LogP contribution in [0.1, 0.15) is 12.6 Å². The van der Waals surface area contributed by atoms with Crippen LogP contribution in [0.5, 0.6) is 0 Å². The van der Waals surface area contributed by atoms with E-state index in [1.807, 2.05) is 0 Å². The molecular weight excluding hydrogens is 286 g/mol. The minimum absolute atomic E-state index is 0.0430. The number of nitro groups is 1. The summed E-state index contributed by atoms with van der Waals surface area (Å²) in [6.07, 6.45) is 0. The van der Waals surface area contributed by atoms with E-state index in [4.69, 9.17) is 4.74 Å². The number of pyridine rings is 1. The van der Waals surface area contributed by atoms with Crippen molar-refractivity contribution in [3.8, 4) is 0 Å². The molecule has 0 spiro atoms. The zero-order chi connectivity index (χ0) is 16.3. The van der Waals surface area contributed by atoms with Crippen LogP contribution >= 0.6 is 0 Å². The third-order valence-corrected chi connectivity index (χ3v) is 3.25. The summed E-state index contributed by atoms with van der Waals surface area (Å²) in [6.45, 7) is 3.85. The number of fused-ring (bicyclic) bond motifs is 1. The maximum absolute atomic E-state index is 12.1. The Morgan fingerprint density at radius 1 is 1.45 bits per heavy atom. The van der Waals surface area contributed by atoms with Gasteiger partial charge in [0.1, 0.15) is 0 Å². The number of aromatic nitrogens is 1. The summed E-state index contributed by atoms with van der Waals surface area (Å²) in [5.41, 5.74) is 1.79. The van der Waals surface area contributed by atoms with Crippen molar-refractivity contribution in [2.45, 2.75) is 13.8 Å². The molecule has 1 N–H and O–H groups in total. The Hall–Kier alpha value is -2.54. The molecule has 1 aromatic carbocycles. The number of nitrogens with one attached hydrogen (secondary N) is 1. The number of nitro benzene ring substituents is 1. The molecule has 7 nitrogen and oxygen atoms in total. The number of hydrogen-bond acceptors (Lipinski definition) is 5. The van der Waals surface area contributed by atoms with Gasteiger partial charge in [-0.2, -0.15) is 0 Å². The quantitative estimate of drug-likeness (QED) is 0.677. The first-order chi connectivity index (χ1) is 10.4. The highest BCUT2D eigenvalue weighted by atomic mass is 16.6. The number of nitrogens with zero attached hydrogens (tertiary/aromatic N) is 2. The summed E-state index contributed by atoms with van der Waals surface area (Å²) in [5.74, 6) is -0.535. The van der Waals surface area contributed by atoms with Crippen LogP contribution in [-0.4, -0.2) is 29.5 Å². The lowest BCUT2D eigenvalue weighted by molar-refractivity contribution is -0.384. The first kappa shape index (κ1) is 15.8. The number of ether oxygens (including phenoxy) is 1. The summed E-state index contributed by atoms with van der Waals surface area (Å²) in [4.78, 5) is 26.9. The summed E-state index contributed by atoms with van der Waals surface area (Å²) in [7, 11) is 1.53. The van der Waals surface area contributed by atoms with Crippen molar-refractivity contribution in [3.05, 3.63) is 40.1 Å². The molecule has 1 aromatic heterocycles. The van der Waals surface area contributed by atoms with Gasteiger partial charge < -0.3 is 10.1 Å². The van der Waals surface area contributed by atoms with Crippen molar-refractivity contribution in [1.82, 2.24) is 4.98 Å². The summed E-state index contributed by atoms with van der Waals surface area (Å²) in [6, 6.07) is 6.09. The maximum atomic E-state index is 12.1. The molecule has 0 aliphatic carbocycles. The Labute approximate surface area is 127 Å². The van der Waals surface area contributed by atoms with Crippen LogP contribution in [0, 0.1) is 23.0 Å². The summed E-state index contributed by atoms with van der Waals surface area (Å²) < 4.78 is 4.96. The lowest BCUT2D eigenvalue weighted by Gasteiger charge is -2.13. The number of amides is 1. The average molecular weight is 303 g/mol. The second-order valence-corrected chi connectivity index (χ2v) is 5.12. The number of hydrogen-bond donors (Lipinski definition) is 1. The molecule has 0 aliphatic heterocycles. The van der Waals surface area contributed by atoms with Crippen molar-refractivity contribution in [2.24, 2.45) is 5.92 Å². The number of carbonyl (C=O) groups excluding carboxylic acids is 1. The lowest BCUT2D eigenvalue weighted by atomic mass is 10.1. The predicted molar refractivity (Wildman–Crippen MR) is 82.8 cm³/mol. The van der Waals surface area contributed by atoms with Crippen LogP contribution in [0.4, 0.5) is 11.4 Å². The number of anilines is 1. The Morgan fingerprint density at radius 2 is 2.18 bits per heavy atom. The van der Waals surface area contributed by atoms with Crippen molar-refractivity contribution in [1.29, 1.82) is 0 Å². The highest BCUT2D eigenvalue weighted by Gasteiger charge is 2.16. The number of aryl methyl sites for hydroxylation is 1. The first-order valence-electron chi connectivity index (χ1n) is 6.78. The molecule has 0 fully saturated rings. The molecule has 0 saturated carbocycles. The van der Waals surface area contributed by atoms with Crippen LogP contribution < -0.4 is 5.32 Å². The van der Waals surface area contributed by atoms with E-state index in [2.05, 4.69) is 10.3 Å². The topological polar surface area (TPSA) is 94.4 Å². The molecule has 22 heavy (non-hydrogen) atoms. The van der Waals surface area contributed by atoms with E-state index in [1.54, 1.807) is 26.0 Å². The average Bonchev–Trinajstić information content (AvgIpc) is 2.46. The number of non-ortho nitro benzene ring substituents is 1. The van der Waals surface area contributed by atoms with Crippen molar-refractivity contribution < 1.29 is 14.5 Å². The molecule has 1 heterocycles. The van der Waals surface area contributed by atoms with E-state index in [-0.39, 0.29) is 17.5 Å². The summed E-state index contributed by atoms with van der Waals surface area (Å²) in [5, 5.41) is 14.3. The third-order valence-electron chi connectivity index (χ3n) is 3.25. The van der Waals surface area contributed by atoms with Gasteiger partial charge in [-0.3, -0.25) is 19.9 Å². The Morgan fingerprint density at radius 3 is 2.82 bits per heavy atom. The summed E-state index contributed by atoms with van der Waals surface area (Å²) >= 11 is 0. The van der Waals surface area contributed by atoms with E-state index in [9.17, 15) is 14.9 Å². The Balaban J connectivity index is 2.45. The minimum Gasteiger partial charge on any atom is -0.384 e. The van der Waals surface area contributed by atoms with Gasteiger partial charge in [0.15, 0.2) is 0 Å². The van der Waals surface area contributed by atoms with Gasteiger partial charge in [0.05, 0.1) is 28.7 Å². The van der Waals surface area contributed by atoms with Crippen LogP contribution in [0.15, 0.2) is 24.3 Å². The van der Waals surface area contributed by atoms with E-state index in [0.29, 0.717) is 23.2 Å². The molecule has 0 saturated heterocycles. The fourth-order valence-electron chi connectivity index (χ4n) is 2.14. The van der Waals surface area contributed by atoms with Gasteiger partial charge in [0, 0.05) is 30.3 Å². The molecule has 0 radical (unpaired) electrons. The molecule has 116 valence electrons. The molecule has 0 bridgehead atoms. The zero-order valence-electron chi connectivity index (χ0n) is 12.6. The van der Waals surface area contributed by atoms with Crippen LogP contribution in [0.25, 0.3) is 10.9 Å². The lowest BCUT2D eigenvalue weighted by Crippen LogP contribution is -2.24. The monoisotopic (exact) mass is 303 g/mol. The largest absolute Gasteiger partial charge is 0.384 e. The van der Waals surface area contributed by atoms with E-state index < -0.39 is 4.92 Å². The standard InChI is InChI=1S/C15H17N3O4/c1-9(8-22-3)15(19)17-14-6-10(2)16-13-5-4-11(18(20)21)7-12(13)14/h4-7,9H,8H2,1-3H3,(H,16,17,19)/t9-/m0/s1. The highest BCUT2D eigenvalue weighted by molar-refractivity contribution is 6.02. The highest BCUT2D eigenvalue weighted by Crippen LogP contribution is 2.27. The van der Waals surface area contributed by atoms with Gasteiger partial charge in [-0.1, -0.05) is 6.92 Å². The number of methoxy groups -OCH3 is 1. The van der Waals surface area contributed by atoms with Gasteiger partial charge in [-0.05, 0) is 19.1 Å². The second-order valence-electron chi connectivity index (χ2n) is 5.12. The molecular formula is C15H17N3O4. The molecule has 0 aliphatic rings. The van der Waals surface area contributed by atoms with Gasteiger partial charge in [0.2, 0.25) is 5.91 Å². The minimum atomic E-state index is -0.474. The number of benzene rings is 1. The Bertz CT molecular complexity index is 730. The van der Waals surface area contributed by atoms with E-state index in [0.717, 1.165) is 5.69 Å². The SMILES string of the molecule is COC[C@H](C)C(=O)Nc1cc(C)nc2ccc([N+](=O)[O-])cc12. The fraction of sp³-hybridized carbons (Fsp3) is 0.333. The number of carbonyl (C=O) groups is 1. The molecule has 0 unspecified atom stereocenters. The smallest absolute Gasteiger partial charge is 0.270 e. The predicted octanol–water partition coefficient (Wildman–Crippen LogP) is 2.67. The first-order valence-corrected chi connectivity index (χ1v) is 6.78. The molecule has 1 amide bonds. The van der Waals surface area contributed by atoms with Crippen LogP contribution in [0.3, 0.4) is 0 Å². The number of rotatable bonds is 5. The van der Waals surface area contributed by atoms with Crippen molar-refractivity contribution in [3.63, 3.8) is 0 Å². The zero-order valence-corrected chi connectivity index (χ0v) is 12.6. The van der Waals surface area contributed by atoms with Crippen molar-refractivity contribution >= 4 is 28.2 Å². The van der Waals surface area contributed by atoms with Crippen LogP contribution in [0.2, 0.25) is 0 Å². The maximum Gasteiger partial charge on any atom is 0.270 e. The third kappa shape index (κ3) is 3.37. The molecule has 2 rings (SSSR count). The van der Waals surface area contributed by atoms with Crippen molar-refractivity contribution in [2.75, 3.05) is 19.0 Å². The molecule has 7 heteroatoms. The second kappa shape index (κ2) is 6.48. The van der Waals surface area contributed by atoms with Gasteiger partial charge in [-0.25, -0.2) is 0 Å². The van der Waals surface area contributed by atoms with Gasteiger partial charge in [-0.15, -0.1) is 0 Å². The molecule has 2 aromatic rings. The fourth-order valence-corrected chi connectivity index (χ4v) is 2.14. The van der Waals surface area contributed by atoms with Gasteiger partial charge in [0.25, 0.3) is 5.69 Å². The van der Waals surface area contributed by atoms with Gasteiger partial charge >= 0.3 is 0 Å².